The fourth-order valence-electron chi connectivity index (χ4n) is 4.59. The molecule has 1 aliphatic carbocycles. The van der Waals surface area contributed by atoms with Crippen LogP contribution in [0.4, 0.5) is 13.2 Å². The van der Waals surface area contributed by atoms with Crippen LogP contribution >= 0.6 is 23.2 Å². The lowest BCUT2D eigenvalue weighted by Gasteiger charge is -2.29. The Hall–Kier alpha value is -2.83. The fraction of sp³-hybridized carbons (Fsp3) is 0.259. The van der Waals surface area contributed by atoms with Gasteiger partial charge in [0, 0.05) is 24.0 Å². The maximum Gasteiger partial charge on any atom is 0.435 e. The number of rotatable bonds is 6. The number of carbonyl (C=O) groups is 1. The van der Waals surface area contributed by atoms with Crippen LogP contribution in [0.15, 0.2) is 78.0 Å². The van der Waals surface area contributed by atoms with Gasteiger partial charge in [-0.15, -0.1) is 0 Å². The number of alkyl halides is 3. The lowest BCUT2D eigenvalue weighted by atomic mass is 9.86. The molecule has 3 aromatic rings. The number of carbonyl (C=O) groups excluding carboxylic acids is 1. The van der Waals surface area contributed by atoms with Crippen molar-refractivity contribution in [2.45, 2.75) is 37.0 Å². The quantitative estimate of drug-likeness (QED) is 0.311. The van der Waals surface area contributed by atoms with Gasteiger partial charge in [0.1, 0.15) is 0 Å². The first-order valence-electron chi connectivity index (χ1n) is 11.1. The second-order valence-electron chi connectivity index (χ2n) is 8.98. The summed E-state index contributed by atoms with van der Waals surface area (Å²) in [4.78, 5) is 17.8. The molecule has 5 rings (SSSR count). The molecule has 0 spiro atoms. The summed E-state index contributed by atoms with van der Waals surface area (Å²) in [7, 11) is 0. The van der Waals surface area contributed by atoms with Gasteiger partial charge in [-0.1, -0.05) is 89.0 Å². The van der Waals surface area contributed by atoms with Gasteiger partial charge in [0.05, 0.1) is 15.8 Å². The molecule has 1 heterocycles. The molecular formula is C27H20Cl2F3NO2. The van der Waals surface area contributed by atoms with Crippen LogP contribution in [0, 0.1) is 5.92 Å². The number of benzene rings is 3. The number of Topliss-reactive ketones (excluding diaryl/α,β-unsaturated/α-hetero) is 1. The third kappa shape index (κ3) is 4.57. The molecule has 0 saturated heterocycles. The van der Waals surface area contributed by atoms with Crippen molar-refractivity contribution in [2.75, 3.05) is 0 Å². The third-order valence-corrected chi connectivity index (χ3v) is 7.45. The fourth-order valence-corrected chi connectivity index (χ4v) is 4.89. The molecule has 1 unspecified atom stereocenters. The molecule has 1 fully saturated rings. The van der Waals surface area contributed by atoms with E-state index in [9.17, 15) is 18.0 Å². The maximum atomic E-state index is 14.2. The second kappa shape index (κ2) is 8.99. The zero-order chi connectivity index (χ0) is 24.8. The Morgan fingerprint density at radius 3 is 2.37 bits per heavy atom. The van der Waals surface area contributed by atoms with Crippen molar-refractivity contribution in [1.82, 2.24) is 0 Å². The number of nitrogens with zero attached hydrogens (tertiary/aromatic N) is 1. The maximum absolute atomic E-state index is 14.2. The highest BCUT2D eigenvalue weighted by molar-refractivity contribution is 6.42. The zero-order valence-corrected chi connectivity index (χ0v) is 19.9. The van der Waals surface area contributed by atoms with E-state index in [0.717, 1.165) is 12.5 Å². The first kappa shape index (κ1) is 23.9. The van der Waals surface area contributed by atoms with Crippen LogP contribution in [-0.4, -0.2) is 17.7 Å². The minimum absolute atomic E-state index is 0.00197. The van der Waals surface area contributed by atoms with Gasteiger partial charge in [-0.2, -0.15) is 13.2 Å². The Morgan fingerprint density at radius 1 is 1.00 bits per heavy atom. The minimum Gasteiger partial charge on any atom is -0.374 e. The van der Waals surface area contributed by atoms with Crippen molar-refractivity contribution in [3.63, 3.8) is 0 Å². The zero-order valence-electron chi connectivity index (χ0n) is 18.4. The molecular weight excluding hydrogens is 498 g/mol. The molecule has 3 atom stereocenters. The molecule has 0 bridgehead atoms. The molecule has 0 N–H and O–H groups in total. The van der Waals surface area contributed by atoms with E-state index in [1.54, 1.807) is 24.3 Å². The van der Waals surface area contributed by atoms with Gasteiger partial charge < -0.3 is 4.84 Å². The lowest BCUT2D eigenvalue weighted by molar-refractivity contribution is -0.275. The van der Waals surface area contributed by atoms with Crippen molar-refractivity contribution in [2.24, 2.45) is 11.1 Å². The minimum atomic E-state index is -4.75. The molecule has 180 valence electrons. The van der Waals surface area contributed by atoms with Crippen LogP contribution in [0.25, 0.3) is 0 Å². The van der Waals surface area contributed by atoms with Crippen LogP contribution in [0.2, 0.25) is 10.0 Å². The standard InChI is InChI=1S/C27H20Cl2F3NO2/c28-22-11-10-20(14-23(22)29)26(27(30,31)32)15-24(33-35-26)17-6-8-18(9-7-17)25(34)13-19-12-21(19)16-4-2-1-3-5-16/h1-11,14,19,21H,12-13,15H2/t19-,21-,26?/m1/s1. The molecule has 0 aromatic heterocycles. The summed E-state index contributed by atoms with van der Waals surface area (Å²) >= 11 is 11.8. The summed E-state index contributed by atoms with van der Waals surface area (Å²) in [5.74, 6) is 0.738. The number of hydrogen-bond acceptors (Lipinski definition) is 3. The van der Waals surface area contributed by atoms with E-state index in [1.165, 1.54) is 17.7 Å². The van der Waals surface area contributed by atoms with E-state index in [4.69, 9.17) is 28.0 Å². The van der Waals surface area contributed by atoms with Gasteiger partial charge in [0.15, 0.2) is 5.78 Å². The van der Waals surface area contributed by atoms with E-state index in [-0.39, 0.29) is 27.1 Å². The smallest absolute Gasteiger partial charge is 0.374 e. The molecule has 0 amide bonds. The van der Waals surface area contributed by atoms with E-state index in [1.807, 2.05) is 18.2 Å². The van der Waals surface area contributed by atoms with Gasteiger partial charge >= 0.3 is 6.18 Å². The largest absolute Gasteiger partial charge is 0.435 e. The predicted molar refractivity (Wildman–Crippen MR) is 129 cm³/mol. The Kier molecular flexibility index (Phi) is 6.14. The Balaban J connectivity index is 1.29. The van der Waals surface area contributed by atoms with Crippen LogP contribution < -0.4 is 0 Å². The molecule has 2 aliphatic rings. The molecule has 8 heteroatoms. The summed E-state index contributed by atoms with van der Waals surface area (Å²) in [5.41, 5.74) is -0.473. The highest BCUT2D eigenvalue weighted by Gasteiger charge is 2.62. The van der Waals surface area contributed by atoms with Gasteiger partial charge in [-0.3, -0.25) is 4.79 Å². The van der Waals surface area contributed by atoms with Gasteiger partial charge in [-0.05, 0) is 41.5 Å². The molecule has 3 nitrogen and oxygen atoms in total. The van der Waals surface area contributed by atoms with Gasteiger partial charge in [0.2, 0.25) is 0 Å². The van der Waals surface area contributed by atoms with E-state index < -0.39 is 18.2 Å². The number of oxime groups is 1. The lowest BCUT2D eigenvalue weighted by Crippen LogP contribution is -2.42. The van der Waals surface area contributed by atoms with Gasteiger partial charge in [-0.25, -0.2) is 0 Å². The highest BCUT2D eigenvalue weighted by atomic mass is 35.5. The average Bonchev–Trinajstić information content (AvgIpc) is 3.45. The van der Waals surface area contributed by atoms with E-state index in [2.05, 4.69) is 17.3 Å². The van der Waals surface area contributed by atoms with E-state index >= 15 is 0 Å². The summed E-state index contributed by atoms with van der Waals surface area (Å²) in [6.07, 6.45) is -3.85. The molecule has 0 radical (unpaired) electrons. The topological polar surface area (TPSA) is 38.7 Å². The summed E-state index contributed by atoms with van der Waals surface area (Å²) in [6, 6.07) is 20.3. The number of hydrogen-bond donors (Lipinski definition) is 0. The molecule has 3 aromatic carbocycles. The van der Waals surface area contributed by atoms with Crippen LogP contribution in [0.5, 0.6) is 0 Å². The Bertz CT molecular complexity index is 1290. The second-order valence-corrected chi connectivity index (χ2v) is 9.79. The SMILES string of the molecule is O=C(C[C@H]1C[C@@H]1c1ccccc1)c1ccc(C2=NOC(c3ccc(Cl)c(Cl)c3)(C(F)(F)F)C2)cc1. The van der Waals surface area contributed by atoms with Crippen LogP contribution in [-0.2, 0) is 10.4 Å². The summed E-state index contributed by atoms with van der Waals surface area (Å²) in [6.45, 7) is 0. The molecule has 35 heavy (non-hydrogen) atoms. The highest BCUT2D eigenvalue weighted by Crippen LogP contribution is 2.51. The van der Waals surface area contributed by atoms with E-state index in [0.29, 0.717) is 29.4 Å². The Morgan fingerprint density at radius 2 is 1.71 bits per heavy atom. The molecule has 1 aliphatic heterocycles. The normalized spacial score (nSPS) is 23.5. The number of halogens is 5. The Labute approximate surface area is 210 Å². The molecule has 1 saturated carbocycles. The monoisotopic (exact) mass is 517 g/mol. The van der Waals surface area contributed by atoms with Crippen LogP contribution in [0.1, 0.15) is 52.2 Å². The van der Waals surface area contributed by atoms with Crippen molar-refractivity contribution < 1.29 is 22.8 Å². The average molecular weight is 518 g/mol. The predicted octanol–water partition coefficient (Wildman–Crippen LogP) is 7.95. The van der Waals surface area contributed by atoms with Crippen LogP contribution in [0.3, 0.4) is 0 Å². The first-order chi connectivity index (χ1) is 16.7. The van der Waals surface area contributed by atoms with Crippen molar-refractivity contribution in [1.29, 1.82) is 0 Å². The summed E-state index contributed by atoms with van der Waals surface area (Å²) in [5, 5.41) is 3.91. The van der Waals surface area contributed by atoms with Crippen molar-refractivity contribution >= 4 is 34.7 Å². The van der Waals surface area contributed by atoms with Crippen molar-refractivity contribution in [3.8, 4) is 0 Å². The third-order valence-electron chi connectivity index (χ3n) is 6.71. The van der Waals surface area contributed by atoms with Gasteiger partial charge in [0.25, 0.3) is 5.60 Å². The summed E-state index contributed by atoms with van der Waals surface area (Å²) < 4.78 is 42.5. The first-order valence-corrected chi connectivity index (χ1v) is 11.9. The number of ketones is 1. The van der Waals surface area contributed by atoms with Crippen molar-refractivity contribution in [3.05, 3.63) is 105 Å².